The van der Waals surface area contributed by atoms with Gasteiger partial charge in [0.2, 0.25) is 15.9 Å². The Hall–Kier alpha value is -4.28. The number of para-hydroxylation sites is 1. The number of benzene rings is 3. The Kier molecular flexibility index (Phi) is 5.48. The fourth-order valence-corrected chi connectivity index (χ4v) is 6.05. The number of anilines is 1. The number of nitrogens with two attached hydrogens (primary N) is 1. The maximum Gasteiger partial charge on any atom is 0.409 e. The second-order valence-electron chi connectivity index (χ2n) is 9.55. The van der Waals surface area contributed by atoms with Crippen molar-refractivity contribution < 1.29 is 22.7 Å². The zero-order chi connectivity index (χ0) is 26.7. The third kappa shape index (κ3) is 3.64. The van der Waals surface area contributed by atoms with E-state index in [0.29, 0.717) is 5.69 Å². The van der Waals surface area contributed by atoms with Gasteiger partial charge in [-0.1, -0.05) is 54.6 Å². The molecule has 2 N–H and O–H groups in total. The topological polar surface area (TPSA) is 123 Å². The smallest absolute Gasteiger partial charge is 0.409 e. The summed E-state index contributed by atoms with van der Waals surface area (Å²) in [6.45, 7) is 0.699. The minimum absolute atomic E-state index is 0.0155. The Morgan fingerprint density at radius 3 is 2.42 bits per heavy atom. The first kappa shape index (κ1) is 24.1. The lowest BCUT2D eigenvalue weighted by Crippen LogP contribution is -2.65. The molecule has 0 atom stereocenters. The van der Waals surface area contributed by atoms with Gasteiger partial charge in [0.15, 0.2) is 0 Å². The largest absolute Gasteiger partial charge is 0.453 e. The summed E-state index contributed by atoms with van der Waals surface area (Å²) < 4.78 is 28.5. The number of pyridine rings is 1. The highest BCUT2D eigenvalue weighted by atomic mass is 32.2. The number of fused-ring (bicyclic) bond motifs is 3. The highest BCUT2D eigenvalue weighted by Crippen LogP contribution is 2.48. The minimum atomic E-state index is -3.84. The second kappa shape index (κ2) is 8.64. The van der Waals surface area contributed by atoms with Crippen molar-refractivity contribution >= 4 is 38.5 Å². The van der Waals surface area contributed by atoms with Crippen LogP contribution in [-0.4, -0.2) is 50.5 Å². The molecule has 1 aromatic heterocycles. The summed E-state index contributed by atoms with van der Waals surface area (Å²) in [6.07, 6.45) is 1.32. The van der Waals surface area contributed by atoms with Crippen LogP contribution in [0.15, 0.2) is 83.9 Å². The summed E-state index contributed by atoms with van der Waals surface area (Å²) in [5.41, 5.74) is 3.07. The van der Waals surface area contributed by atoms with Gasteiger partial charge >= 0.3 is 6.09 Å². The molecule has 4 aromatic rings. The molecule has 0 bridgehead atoms. The van der Waals surface area contributed by atoms with Gasteiger partial charge in [0.05, 0.1) is 24.2 Å². The summed E-state index contributed by atoms with van der Waals surface area (Å²) >= 11 is 0. The average molecular weight is 529 g/mol. The Morgan fingerprint density at radius 1 is 1.03 bits per heavy atom. The zero-order valence-corrected chi connectivity index (χ0v) is 21.3. The number of carbonyl (C=O) groups excluding carboxylic acids is 2. The molecule has 9 nitrogen and oxygen atoms in total. The van der Waals surface area contributed by atoms with E-state index in [2.05, 4.69) is 0 Å². The number of ether oxygens (including phenoxy) is 1. The molecular formula is C28H24N4O5S. The Bertz CT molecular complexity index is 1710. The first-order valence-electron chi connectivity index (χ1n) is 12.0. The third-order valence-corrected chi connectivity index (χ3v) is 8.31. The maximum absolute atomic E-state index is 13.9. The number of hydrogen-bond donors (Lipinski definition) is 1. The quantitative estimate of drug-likeness (QED) is 0.433. The number of likely N-dealkylation sites (tertiary alicyclic amines) is 1. The van der Waals surface area contributed by atoms with E-state index in [4.69, 9.17) is 14.9 Å². The highest BCUT2D eigenvalue weighted by Gasteiger charge is 2.59. The fraction of sp³-hybridized carbons (Fsp3) is 0.179. The van der Waals surface area contributed by atoms with Gasteiger partial charge in [0, 0.05) is 35.9 Å². The predicted octanol–water partition coefficient (Wildman–Crippen LogP) is 3.42. The molecule has 3 heterocycles. The van der Waals surface area contributed by atoms with E-state index in [1.165, 1.54) is 24.1 Å². The van der Waals surface area contributed by atoms with E-state index in [9.17, 15) is 18.0 Å². The predicted molar refractivity (Wildman–Crippen MR) is 142 cm³/mol. The van der Waals surface area contributed by atoms with Crippen molar-refractivity contribution in [2.75, 3.05) is 25.1 Å². The van der Waals surface area contributed by atoms with Crippen molar-refractivity contribution in [1.29, 1.82) is 0 Å². The first-order chi connectivity index (χ1) is 18.2. The van der Waals surface area contributed by atoms with Gasteiger partial charge in [-0.15, -0.1) is 0 Å². The van der Waals surface area contributed by atoms with E-state index in [1.54, 1.807) is 23.2 Å². The normalized spacial score (nSPS) is 16.0. The lowest BCUT2D eigenvalue weighted by atomic mass is 9.75. The van der Waals surface area contributed by atoms with Gasteiger partial charge in [-0.2, -0.15) is 0 Å². The van der Waals surface area contributed by atoms with Crippen LogP contribution < -0.4 is 10.0 Å². The molecule has 1 fully saturated rings. The minimum Gasteiger partial charge on any atom is -0.453 e. The van der Waals surface area contributed by atoms with Crippen LogP contribution in [0.3, 0.4) is 0 Å². The highest BCUT2D eigenvalue weighted by molar-refractivity contribution is 7.89. The lowest BCUT2D eigenvalue weighted by Gasteiger charge is -2.45. The number of nitrogens with zero attached hydrogens (tertiary/aromatic N) is 3. The molecule has 0 aliphatic carbocycles. The van der Waals surface area contributed by atoms with E-state index in [0.717, 1.165) is 33.2 Å². The fourth-order valence-electron chi connectivity index (χ4n) is 5.53. The molecule has 0 radical (unpaired) electrons. The molecule has 2 amide bonds. The summed E-state index contributed by atoms with van der Waals surface area (Å²) in [5.74, 6) is -0.0932. The lowest BCUT2D eigenvalue weighted by molar-refractivity contribution is -0.128. The van der Waals surface area contributed by atoms with Gasteiger partial charge in [-0.3, -0.25) is 9.78 Å². The Morgan fingerprint density at radius 2 is 1.71 bits per heavy atom. The van der Waals surface area contributed by atoms with Gasteiger partial charge in [-0.25, -0.2) is 18.4 Å². The molecule has 2 aliphatic heterocycles. The number of aromatic nitrogens is 1. The Balaban J connectivity index is 1.44. The van der Waals surface area contributed by atoms with Crippen LogP contribution in [0, 0.1) is 0 Å². The third-order valence-electron chi connectivity index (χ3n) is 7.38. The summed E-state index contributed by atoms with van der Waals surface area (Å²) in [7, 11) is -2.52. The standard InChI is InChI=1S/C28H24N4O5S/c1-37-27(34)31-16-28(17-31)22-8-4-5-9-24(22)32(26(28)33)15-23-25(21-7-3-2-6-19(21)14-30-23)18-10-12-20(13-11-18)38(29,35)36/h2-14H,15-17H2,1H3,(H2,29,35,36). The molecule has 3 aromatic carbocycles. The average Bonchev–Trinajstić information content (AvgIpc) is 3.14. The zero-order valence-electron chi connectivity index (χ0n) is 20.5. The molecular weight excluding hydrogens is 504 g/mol. The second-order valence-corrected chi connectivity index (χ2v) is 11.1. The number of sulfonamides is 1. The number of methoxy groups -OCH3 is 1. The van der Waals surface area contributed by atoms with E-state index in [1.807, 2.05) is 48.5 Å². The van der Waals surface area contributed by atoms with Crippen molar-refractivity contribution in [3.05, 3.63) is 90.3 Å². The van der Waals surface area contributed by atoms with Crippen LogP contribution in [0.5, 0.6) is 0 Å². The van der Waals surface area contributed by atoms with E-state index >= 15 is 0 Å². The Labute approximate surface area is 219 Å². The van der Waals surface area contributed by atoms with Gasteiger partial charge in [-0.05, 0) is 34.7 Å². The monoisotopic (exact) mass is 528 g/mol. The molecule has 0 saturated carbocycles. The molecule has 1 spiro atoms. The molecule has 1 saturated heterocycles. The van der Waals surface area contributed by atoms with Crippen molar-refractivity contribution in [2.45, 2.75) is 16.9 Å². The number of primary sulfonamides is 1. The molecule has 2 aliphatic rings. The molecule has 6 rings (SSSR count). The number of carbonyl (C=O) groups is 2. The SMILES string of the molecule is COC(=O)N1CC2(C1)C(=O)N(Cc1ncc3ccccc3c1-c1ccc(S(N)(=O)=O)cc1)c1ccccc12. The number of amides is 2. The summed E-state index contributed by atoms with van der Waals surface area (Å²) in [6, 6.07) is 21.7. The van der Waals surface area contributed by atoms with Gasteiger partial charge in [0.1, 0.15) is 5.41 Å². The summed E-state index contributed by atoms with van der Waals surface area (Å²) in [5, 5.41) is 7.14. The molecule has 192 valence electrons. The van der Waals surface area contributed by atoms with E-state index < -0.39 is 21.5 Å². The summed E-state index contributed by atoms with van der Waals surface area (Å²) in [4.78, 5) is 34.0. The van der Waals surface area contributed by atoms with Crippen LogP contribution in [0.25, 0.3) is 21.9 Å². The van der Waals surface area contributed by atoms with E-state index in [-0.39, 0.29) is 30.4 Å². The van der Waals surface area contributed by atoms with Crippen molar-refractivity contribution in [2.24, 2.45) is 5.14 Å². The molecule has 0 unspecified atom stereocenters. The number of hydrogen-bond acceptors (Lipinski definition) is 6. The van der Waals surface area contributed by atoms with Crippen molar-refractivity contribution in [3.63, 3.8) is 0 Å². The van der Waals surface area contributed by atoms with Crippen molar-refractivity contribution in [3.8, 4) is 11.1 Å². The molecule has 10 heteroatoms. The maximum atomic E-state index is 13.9. The van der Waals surface area contributed by atoms with Gasteiger partial charge in [0.25, 0.3) is 0 Å². The van der Waals surface area contributed by atoms with Crippen LogP contribution in [0.1, 0.15) is 11.3 Å². The van der Waals surface area contributed by atoms with Crippen LogP contribution >= 0.6 is 0 Å². The van der Waals surface area contributed by atoms with Crippen molar-refractivity contribution in [1.82, 2.24) is 9.88 Å². The first-order valence-corrected chi connectivity index (χ1v) is 13.5. The van der Waals surface area contributed by atoms with Gasteiger partial charge < -0.3 is 14.5 Å². The number of rotatable bonds is 4. The van der Waals surface area contributed by atoms with Crippen LogP contribution in [0.2, 0.25) is 0 Å². The van der Waals surface area contributed by atoms with Crippen LogP contribution in [0.4, 0.5) is 10.5 Å². The molecule has 38 heavy (non-hydrogen) atoms. The van der Waals surface area contributed by atoms with Crippen LogP contribution in [-0.2, 0) is 31.5 Å².